The first-order valence-corrected chi connectivity index (χ1v) is 6.42. The third-order valence-corrected chi connectivity index (χ3v) is 3.16. The maximum Gasteiger partial charge on any atom is 0.253 e. The highest BCUT2D eigenvalue weighted by molar-refractivity contribution is 6.13. The first kappa shape index (κ1) is 15.4. The van der Waals surface area contributed by atoms with Crippen molar-refractivity contribution in [3.63, 3.8) is 0 Å². The summed E-state index contributed by atoms with van der Waals surface area (Å²) in [5.41, 5.74) is 5.62. The van der Waals surface area contributed by atoms with Crippen LogP contribution >= 0.6 is 0 Å². The van der Waals surface area contributed by atoms with E-state index in [1.165, 1.54) is 17.1 Å². The standard InChI is InChI=1S/C13H21N3O3/c1-15(2)11(17)6-4-3-5-10(9-14)16-12(18)7-8-13(16)19/h7-8,10H,3-6,9,14H2,1-2H3/t10-/m1/s1. The number of rotatable bonds is 7. The van der Waals surface area contributed by atoms with Gasteiger partial charge in [0.15, 0.2) is 0 Å². The third-order valence-electron chi connectivity index (χ3n) is 3.16. The molecule has 3 amide bonds. The van der Waals surface area contributed by atoms with Crippen LogP contribution in [0.1, 0.15) is 25.7 Å². The van der Waals surface area contributed by atoms with Crippen LogP contribution in [-0.2, 0) is 14.4 Å². The molecule has 6 nitrogen and oxygen atoms in total. The molecule has 1 rings (SSSR count). The van der Waals surface area contributed by atoms with E-state index in [2.05, 4.69) is 0 Å². The van der Waals surface area contributed by atoms with Crippen molar-refractivity contribution in [2.45, 2.75) is 31.7 Å². The van der Waals surface area contributed by atoms with Crippen molar-refractivity contribution < 1.29 is 14.4 Å². The van der Waals surface area contributed by atoms with E-state index in [0.717, 1.165) is 12.8 Å². The summed E-state index contributed by atoms with van der Waals surface area (Å²) < 4.78 is 0. The molecule has 0 bridgehead atoms. The summed E-state index contributed by atoms with van der Waals surface area (Å²) in [6.45, 7) is 0.251. The van der Waals surface area contributed by atoms with Crippen molar-refractivity contribution >= 4 is 17.7 Å². The first-order chi connectivity index (χ1) is 8.97. The van der Waals surface area contributed by atoms with Gasteiger partial charge in [-0.3, -0.25) is 19.3 Å². The molecular formula is C13H21N3O3. The number of hydrogen-bond acceptors (Lipinski definition) is 4. The van der Waals surface area contributed by atoms with Gasteiger partial charge in [-0.25, -0.2) is 0 Å². The van der Waals surface area contributed by atoms with E-state index in [1.54, 1.807) is 19.0 Å². The molecule has 1 atom stereocenters. The molecule has 0 aromatic carbocycles. The SMILES string of the molecule is CN(C)C(=O)CCCC[C@H](CN)N1C(=O)C=CC1=O. The molecule has 0 unspecified atom stereocenters. The van der Waals surface area contributed by atoms with Gasteiger partial charge in [-0.05, 0) is 12.8 Å². The molecule has 0 spiro atoms. The van der Waals surface area contributed by atoms with Gasteiger partial charge in [-0.2, -0.15) is 0 Å². The predicted octanol–water partition coefficient (Wildman–Crippen LogP) is -0.113. The normalized spacial score (nSPS) is 16.1. The lowest BCUT2D eigenvalue weighted by Gasteiger charge is -2.24. The van der Waals surface area contributed by atoms with Crippen LogP contribution in [-0.4, -0.2) is 54.2 Å². The Morgan fingerprint density at radius 2 is 1.84 bits per heavy atom. The molecule has 2 N–H and O–H groups in total. The summed E-state index contributed by atoms with van der Waals surface area (Å²) in [5, 5.41) is 0. The van der Waals surface area contributed by atoms with Gasteiger partial charge in [0, 0.05) is 39.2 Å². The van der Waals surface area contributed by atoms with Crippen LogP contribution in [0.3, 0.4) is 0 Å². The summed E-state index contributed by atoms with van der Waals surface area (Å²) in [5.74, 6) is -0.520. The fourth-order valence-corrected chi connectivity index (χ4v) is 2.00. The second-order valence-corrected chi connectivity index (χ2v) is 4.80. The van der Waals surface area contributed by atoms with Gasteiger partial charge in [0.05, 0.1) is 6.04 Å². The van der Waals surface area contributed by atoms with E-state index in [-0.39, 0.29) is 30.3 Å². The van der Waals surface area contributed by atoms with E-state index in [1.807, 2.05) is 0 Å². The Kier molecular flexibility index (Phi) is 5.69. The minimum atomic E-state index is -0.301. The maximum atomic E-state index is 11.5. The Labute approximate surface area is 113 Å². The number of amides is 3. The zero-order valence-electron chi connectivity index (χ0n) is 11.5. The number of nitrogens with zero attached hydrogens (tertiary/aromatic N) is 2. The number of hydrogen-bond donors (Lipinski definition) is 1. The molecule has 6 heteroatoms. The number of nitrogens with two attached hydrogens (primary N) is 1. The highest BCUT2D eigenvalue weighted by Crippen LogP contribution is 2.14. The van der Waals surface area contributed by atoms with Gasteiger partial charge in [0.1, 0.15) is 0 Å². The lowest BCUT2D eigenvalue weighted by molar-refractivity contribution is -0.139. The number of carbonyl (C=O) groups excluding carboxylic acids is 3. The van der Waals surface area contributed by atoms with Gasteiger partial charge in [-0.1, -0.05) is 6.42 Å². The summed E-state index contributed by atoms with van der Waals surface area (Å²) in [4.78, 5) is 37.2. The van der Waals surface area contributed by atoms with Gasteiger partial charge >= 0.3 is 0 Å². The van der Waals surface area contributed by atoms with E-state index in [4.69, 9.17) is 5.73 Å². The third kappa shape index (κ3) is 4.17. The first-order valence-electron chi connectivity index (χ1n) is 6.42. The van der Waals surface area contributed by atoms with Gasteiger partial charge < -0.3 is 10.6 Å². The van der Waals surface area contributed by atoms with Crippen molar-refractivity contribution in [3.05, 3.63) is 12.2 Å². The molecule has 19 heavy (non-hydrogen) atoms. The van der Waals surface area contributed by atoms with Crippen LogP contribution in [0.25, 0.3) is 0 Å². The molecular weight excluding hydrogens is 246 g/mol. The van der Waals surface area contributed by atoms with Crippen LogP contribution in [0.2, 0.25) is 0 Å². The Balaban J connectivity index is 2.36. The summed E-state index contributed by atoms with van der Waals surface area (Å²) >= 11 is 0. The van der Waals surface area contributed by atoms with Crippen molar-refractivity contribution in [1.82, 2.24) is 9.80 Å². The summed E-state index contributed by atoms with van der Waals surface area (Å²) in [6, 6.07) is -0.274. The molecule has 106 valence electrons. The zero-order chi connectivity index (χ0) is 14.4. The van der Waals surface area contributed by atoms with E-state index >= 15 is 0 Å². The fourth-order valence-electron chi connectivity index (χ4n) is 2.00. The molecule has 1 aliphatic rings. The molecule has 0 aromatic heterocycles. The molecule has 0 radical (unpaired) electrons. The maximum absolute atomic E-state index is 11.5. The van der Waals surface area contributed by atoms with E-state index in [0.29, 0.717) is 12.8 Å². The number of imide groups is 1. The molecule has 0 aliphatic carbocycles. The molecule has 0 fully saturated rings. The zero-order valence-corrected chi connectivity index (χ0v) is 11.5. The molecule has 0 aromatic rings. The van der Waals surface area contributed by atoms with Gasteiger partial charge in [0.2, 0.25) is 5.91 Å². The van der Waals surface area contributed by atoms with E-state index in [9.17, 15) is 14.4 Å². The van der Waals surface area contributed by atoms with Crippen molar-refractivity contribution in [1.29, 1.82) is 0 Å². The second-order valence-electron chi connectivity index (χ2n) is 4.80. The lowest BCUT2D eigenvalue weighted by atomic mass is 10.1. The lowest BCUT2D eigenvalue weighted by Crippen LogP contribution is -2.44. The Hall–Kier alpha value is -1.69. The largest absolute Gasteiger partial charge is 0.349 e. The van der Waals surface area contributed by atoms with Crippen LogP contribution < -0.4 is 5.73 Å². The summed E-state index contributed by atoms with van der Waals surface area (Å²) in [6.07, 6.45) is 5.14. The Morgan fingerprint density at radius 3 is 2.32 bits per heavy atom. The Bertz CT molecular complexity index is 373. The fraction of sp³-hybridized carbons (Fsp3) is 0.615. The average Bonchev–Trinajstić information content (AvgIpc) is 2.69. The van der Waals surface area contributed by atoms with Crippen LogP contribution in [0.5, 0.6) is 0 Å². The molecule has 1 aliphatic heterocycles. The predicted molar refractivity (Wildman–Crippen MR) is 71.0 cm³/mol. The van der Waals surface area contributed by atoms with Crippen LogP contribution in [0.4, 0.5) is 0 Å². The minimum Gasteiger partial charge on any atom is -0.349 e. The molecule has 1 heterocycles. The Morgan fingerprint density at radius 1 is 1.26 bits per heavy atom. The van der Waals surface area contributed by atoms with E-state index < -0.39 is 0 Å². The van der Waals surface area contributed by atoms with Crippen molar-refractivity contribution in [2.75, 3.05) is 20.6 Å². The molecule has 0 saturated heterocycles. The second kappa shape index (κ2) is 7.04. The number of carbonyl (C=O) groups is 3. The highest BCUT2D eigenvalue weighted by atomic mass is 16.2. The monoisotopic (exact) mass is 267 g/mol. The minimum absolute atomic E-state index is 0.0827. The van der Waals surface area contributed by atoms with Gasteiger partial charge in [-0.15, -0.1) is 0 Å². The highest BCUT2D eigenvalue weighted by Gasteiger charge is 2.29. The number of unbranched alkanes of at least 4 members (excludes halogenated alkanes) is 1. The smallest absolute Gasteiger partial charge is 0.253 e. The summed E-state index contributed by atoms with van der Waals surface area (Å²) in [7, 11) is 3.44. The van der Waals surface area contributed by atoms with Crippen LogP contribution in [0, 0.1) is 0 Å². The van der Waals surface area contributed by atoms with Gasteiger partial charge in [0.25, 0.3) is 11.8 Å². The molecule has 0 saturated carbocycles. The van der Waals surface area contributed by atoms with Crippen LogP contribution in [0.15, 0.2) is 12.2 Å². The average molecular weight is 267 g/mol. The van der Waals surface area contributed by atoms with Crippen molar-refractivity contribution in [2.24, 2.45) is 5.73 Å². The van der Waals surface area contributed by atoms with Crippen molar-refractivity contribution in [3.8, 4) is 0 Å². The topological polar surface area (TPSA) is 83.7 Å². The quantitative estimate of drug-likeness (QED) is 0.515.